The van der Waals surface area contributed by atoms with Gasteiger partial charge in [-0.05, 0) is 30.7 Å². The zero-order chi connectivity index (χ0) is 10.7. The summed E-state index contributed by atoms with van der Waals surface area (Å²) in [4.78, 5) is 2.29. The summed E-state index contributed by atoms with van der Waals surface area (Å²) in [7, 11) is 2.11. The molecule has 0 atom stereocenters. The lowest BCUT2D eigenvalue weighted by molar-refractivity contribution is 0.218. The summed E-state index contributed by atoms with van der Waals surface area (Å²) < 4.78 is 12.7. The second-order valence-electron chi connectivity index (χ2n) is 4.35. The van der Waals surface area contributed by atoms with Gasteiger partial charge in [0, 0.05) is 26.2 Å². The minimum Gasteiger partial charge on any atom is -0.316 e. The molecule has 2 rings (SSSR count). The van der Waals surface area contributed by atoms with E-state index in [0.717, 1.165) is 32.1 Å². The Morgan fingerprint density at radius 1 is 1.33 bits per heavy atom. The molecule has 3 heteroatoms. The van der Waals surface area contributed by atoms with Crippen molar-refractivity contribution < 1.29 is 4.39 Å². The molecule has 1 N–H and O–H groups in total. The van der Waals surface area contributed by atoms with E-state index in [-0.39, 0.29) is 5.82 Å². The Morgan fingerprint density at radius 2 is 2.00 bits per heavy atom. The molecule has 0 aliphatic carbocycles. The van der Waals surface area contributed by atoms with Gasteiger partial charge in [0.25, 0.3) is 0 Å². The number of hydrogen-bond acceptors (Lipinski definition) is 2. The Labute approximate surface area is 90.1 Å². The molecular weight excluding hydrogens is 191 g/mol. The molecule has 1 aliphatic rings. The Hall–Kier alpha value is -0.930. The van der Waals surface area contributed by atoms with Gasteiger partial charge in [0.2, 0.25) is 0 Å². The van der Waals surface area contributed by atoms with Crippen molar-refractivity contribution in [3.8, 4) is 0 Å². The van der Waals surface area contributed by atoms with Gasteiger partial charge in [0.15, 0.2) is 0 Å². The number of nitrogens with zero attached hydrogens (tertiary/aromatic N) is 1. The smallest absolute Gasteiger partial charge is 0.123 e. The maximum Gasteiger partial charge on any atom is 0.123 e. The maximum absolute atomic E-state index is 12.7. The summed E-state index contributed by atoms with van der Waals surface area (Å²) in [5.41, 5.74) is 1.17. The third-order valence-corrected chi connectivity index (χ3v) is 2.80. The Balaban J connectivity index is 1.82. The van der Waals surface area contributed by atoms with Crippen LogP contribution in [0.3, 0.4) is 0 Å². The number of hydrogen-bond donors (Lipinski definition) is 1. The van der Waals surface area contributed by atoms with Crippen molar-refractivity contribution in [2.45, 2.75) is 6.54 Å². The van der Waals surface area contributed by atoms with Crippen LogP contribution in [-0.2, 0) is 6.54 Å². The maximum atomic E-state index is 12.7. The van der Waals surface area contributed by atoms with Crippen LogP contribution in [0.15, 0.2) is 24.3 Å². The molecule has 0 aromatic heterocycles. The molecule has 1 saturated heterocycles. The highest BCUT2D eigenvalue weighted by atomic mass is 19.1. The fourth-order valence-electron chi connectivity index (χ4n) is 1.88. The summed E-state index contributed by atoms with van der Waals surface area (Å²) in [6.45, 7) is 4.28. The minimum atomic E-state index is -0.162. The van der Waals surface area contributed by atoms with Crippen molar-refractivity contribution in [1.29, 1.82) is 0 Å². The molecule has 82 valence electrons. The molecule has 0 saturated carbocycles. The zero-order valence-electron chi connectivity index (χ0n) is 9.04. The van der Waals surface area contributed by atoms with Crippen LogP contribution in [0.25, 0.3) is 0 Å². The summed E-state index contributed by atoms with van der Waals surface area (Å²) in [6.07, 6.45) is 0. The van der Waals surface area contributed by atoms with Crippen LogP contribution < -0.4 is 5.32 Å². The first-order chi connectivity index (χ1) is 7.24. The highest BCUT2D eigenvalue weighted by molar-refractivity contribution is 5.15. The molecule has 0 unspecified atom stereocenters. The van der Waals surface area contributed by atoms with E-state index in [1.807, 2.05) is 12.1 Å². The van der Waals surface area contributed by atoms with Crippen molar-refractivity contribution in [3.63, 3.8) is 0 Å². The van der Waals surface area contributed by atoms with Crippen molar-refractivity contribution >= 4 is 0 Å². The normalized spacial score (nSPS) is 16.7. The van der Waals surface area contributed by atoms with E-state index in [4.69, 9.17) is 0 Å². The predicted molar refractivity (Wildman–Crippen MR) is 59.1 cm³/mol. The third kappa shape index (κ3) is 3.01. The fourth-order valence-corrected chi connectivity index (χ4v) is 1.88. The molecule has 0 radical (unpaired) electrons. The molecular formula is C12H17FN2. The van der Waals surface area contributed by atoms with Crippen LogP contribution in [-0.4, -0.2) is 31.6 Å². The highest BCUT2D eigenvalue weighted by Crippen LogP contribution is 2.09. The van der Waals surface area contributed by atoms with Crippen LogP contribution in [0.1, 0.15) is 5.56 Å². The lowest BCUT2D eigenvalue weighted by Gasteiger charge is -2.31. The van der Waals surface area contributed by atoms with Gasteiger partial charge in [-0.1, -0.05) is 12.1 Å². The third-order valence-electron chi connectivity index (χ3n) is 2.80. The van der Waals surface area contributed by atoms with Gasteiger partial charge in [-0.25, -0.2) is 4.39 Å². The SMILES string of the molecule is CN(Cc1ccc(F)cc1)CC1CNC1. The summed E-state index contributed by atoms with van der Waals surface area (Å²) >= 11 is 0. The van der Waals surface area contributed by atoms with Gasteiger partial charge in [-0.3, -0.25) is 0 Å². The van der Waals surface area contributed by atoms with Gasteiger partial charge in [-0.15, -0.1) is 0 Å². The van der Waals surface area contributed by atoms with Crippen molar-refractivity contribution in [2.24, 2.45) is 5.92 Å². The van der Waals surface area contributed by atoms with Crippen LogP contribution in [0.5, 0.6) is 0 Å². The van der Waals surface area contributed by atoms with E-state index in [0.29, 0.717) is 0 Å². The molecule has 2 nitrogen and oxygen atoms in total. The van der Waals surface area contributed by atoms with E-state index in [1.54, 1.807) is 0 Å². The summed E-state index contributed by atoms with van der Waals surface area (Å²) in [5, 5.41) is 3.26. The Kier molecular flexibility index (Phi) is 3.34. The van der Waals surface area contributed by atoms with Gasteiger partial charge in [-0.2, -0.15) is 0 Å². The second kappa shape index (κ2) is 4.73. The minimum absolute atomic E-state index is 0.162. The molecule has 1 heterocycles. The Morgan fingerprint density at radius 3 is 2.53 bits per heavy atom. The molecule has 0 spiro atoms. The molecule has 1 aromatic rings. The summed E-state index contributed by atoms with van der Waals surface area (Å²) in [5.74, 6) is 0.625. The number of rotatable bonds is 4. The first-order valence-corrected chi connectivity index (χ1v) is 5.38. The van der Waals surface area contributed by atoms with Crippen LogP contribution in [0.2, 0.25) is 0 Å². The topological polar surface area (TPSA) is 15.3 Å². The lowest BCUT2D eigenvalue weighted by Crippen LogP contribution is -2.47. The zero-order valence-corrected chi connectivity index (χ0v) is 9.04. The quantitative estimate of drug-likeness (QED) is 0.806. The monoisotopic (exact) mass is 208 g/mol. The lowest BCUT2D eigenvalue weighted by atomic mass is 10.0. The van der Waals surface area contributed by atoms with E-state index >= 15 is 0 Å². The molecule has 0 amide bonds. The standard InChI is InChI=1S/C12H17FN2/c1-15(9-11-6-14-7-11)8-10-2-4-12(13)5-3-10/h2-5,11,14H,6-9H2,1H3. The van der Waals surface area contributed by atoms with E-state index in [1.165, 1.54) is 17.7 Å². The van der Waals surface area contributed by atoms with E-state index in [9.17, 15) is 4.39 Å². The highest BCUT2D eigenvalue weighted by Gasteiger charge is 2.18. The van der Waals surface area contributed by atoms with Gasteiger partial charge in [0.1, 0.15) is 5.82 Å². The van der Waals surface area contributed by atoms with Crippen molar-refractivity contribution in [2.75, 3.05) is 26.7 Å². The first kappa shape index (κ1) is 10.6. The van der Waals surface area contributed by atoms with Crippen LogP contribution >= 0.6 is 0 Å². The van der Waals surface area contributed by atoms with Gasteiger partial charge >= 0.3 is 0 Å². The second-order valence-corrected chi connectivity index (χ2v) is 4.35. The predicted octanol–water partition coefficient (Wildman–Crippen LogP) is 1.48. The number of halogens is 1. The summed E-state index contributed by atoms with van der Waals surface area (Å²) in [6, 6.07) is 6.75. The average molecular weight is 208 g/mol. The van der Waals surface area contributed by atoms with Crippen molar-refractivity contribution in [1.82, 2.24) is 10.2 Å². The molecule has 1 aromatic carbocycles. The van der Waals surface area contributed by atoms with E-state index in [2.05, 4.69) is 17.3 Å². The number of benzene rings is 1. The first-order valence-electron chi connectivity index (χ1n) is 5.38. The van der Waals surface area contributed by atoms with Gasteiger partial charge in [0.05, 0.1) is 0 Å². The molecule has 1 aliphatic heterocycles. The molecule has 0 bridgehead atoms. The van der Waals surface area contributed by atoms with E-state index < -0.39 is 0 Å². The fraction of sp³-hybridized carbons (Fsp3) is 0.500. The number of nitrogens with one attached hydrogen (secondary N) is 1. The Bertz CT molecular complexity index is 306. The largest absolute Gasteiger partial charge is 0.316 e. The van der Waals surface area contributed by atoms with Crippen LogP contribution in [0, 0.1) is 11.7 Å². The van der Waals surface area contributed by atoms with Crippen molar-refractivity contribution in [3.05, 3.63) is 35.6 Å². The molecule has 15 heavy (non-hydrogen) atoms. The van der Waals surface area contributed by atoms with Gasteiger partial charge < -0.3 is 10.2 Å². The molecule has 1 fully saturated rings. The average Bonchev–Trinajstić information content (AvgIpc) is 2.16. The van der Waals surface area contributed by atoms with Crippen LogP contribution in [0.4, 0.5) is 4.39 Å².